The summed E-state index contributed by atoms with van der Waals surface area (Å²) in [6, 6.07) is 12.9. The van der Waals surface area contributed by atoms with E-state index >= 15 is 0 Å². The molecule has 1 N–H and O–H groups in total. The van der Waals surface area contributed by atoms with E-state index in [2.05, 4.69) is 25.7 Å². The number of nitroso groups, excluding NO2 is 1. The molecule has 3 rings (SSSR count). The Labute approximate surface area is 136 Å². The zero-order valence-corrected chi connectivity index (χ0v) is 12.8. The number of pyridine rings is 1. The number of aromatic nitrogens is 3. The van der Waals surface area contributed by atoms with E-state index in [0.29, 0.717) is 17.3 Å². The first-order chi connectivity index (χ1) is 9.38. The summed E-state index contributed by atoms with van der Waals surface area (Å²) in [6.45, 7) is 0. The molecule has 0 aliphatic carbocycles. The number of nitrogens with zero attached hydrogens (tertiary/aromatic N) is 4. The van der Waals surface area contributed by atoms with Crippen LogP contribution in [0.5, 0.6) is 0 Å². The molecule has 1 radical (unpaired) electrons. The quantitative estimate of drug-likeness (QED) is 0.450. The summed E-state index contributed by atoms with van der Waals surface area (Å²) in [5.74, 6) is 0.826. The number of nitrogens with one attached hydrogen (secondary N) is 1. The first kappa shape index (κ1) is 14.5. The van der Waals surface area contributed by atoms with Crippen molar-refractivity contribution < 1.29 is 0 Å². The van der Waals surface area contributed by atoms with Crippen LogP contribution in [0.4, 0.5) is 5.82 Å². The van der Waals surface area contributed by atoms with Gasteiger partial charge in [-0.05, 0) is 24.3 Å². The fourth-order valence-electron chi connectivity index (χ4n) is 1.81. The normalized spacial score (nSPS) is 9.80. The van der Waals surface area contributed by atoms with Crippen LogP contribution in [0.15, 0.2) is 53.9 Å². The van der Waals surface area contributed by atoms with E-state index in [1.165, 1.54) is 0 Å². The minimum atomic E-state index is 0. The van der Waals surface area contributed by atoms with Gasteiger partial charge < -0.3 is 0 Å². The summed E-state index contributed by atoms with van der Waals surface area (Å²) < 4.78 is 0. The number of hydrogen-bond donors (Lipinski definition) is 1. The number of fused-ring (bicyclic) bond motifs is 1. The van der Waals surface area contributed by atoms with Crippen molar-refractivity contribution in [1.82, 2.24) is 15.0 Å². The molecule has 3 aromatic rings. The van der Waals surface area contributed by atoms with Gasteiger partial charge in [-0.3, -0.25) is 4.98 Å². The molecule has 0 saturated carbocycles. The topological polar surface area (TPSA) is 80.1 Å². The maximum atomic E-state index is 10.4. The third kappa shape index (κ3) is 2.82. The second-order valence-corrected chi connectivity index (χ2v) is 3.83. The largest absolute Gasteiger partial charge is 0.253 e. The summed E-state index contributed by atoms with van der Waals surface area (Å²) in [5, 5.41) is 3.42. The standard InChI is InChI=1S/C13H9N5O.Na/c19-18-17-12-9-5-1-2-6-10(9)15-13(16-12)11-7-3-4-8-14-11;/h1-8H,(H,15,16,17,19);. The van der Waals surface area contributed by atoms with Crippen molar-refractivity contribution in [2.45, 2.75) is 0 Å². The van der Waals surface area contributed by atoms with E-state index in [1.54, 1.807) is 6.20 Å². The van der Waals surface area contributed by atoms with Gasteiger partial charge in [0.05, 0.1) is 10.8 Å². The van der Waals surface area contributed by atoms with Crippen molar-refractivity contribution in [3.05, 3.63) is 53.6 Å². The van der Waals surface area contributed by atoms with Crippen molar-refractivity contribution >= 4 is 46.3 Å². The summed E-state index contributed by atoms with van der Waals surface area (Å²) in [7, 11) is 0. The van der Waals surface area contributed by atoms with Gasteiger partial charge in [0.2, 0.25) is 0 Å². The van der Waals surface area contributed by atoms with E-state index in [0.717, 1.165) is 10.9 Å². The van der Waals surface area contributed by atoms with Crippen molar-refractivity contribution in [2.24, 2.45) is 5.29 Å². The van der Waals surface area contributed by atoms with Crippen molar-refractivity contribution in [2.75, 3.05) is 5.43 Å². The number of anilines is 1. The maximum absolute atomic E-state index is 10.4. The van der Waals surface area contributed by atoms with Crippen LogP contribution in [0, 0.1) is 4.91 Å². The monoisotopic (exact) mass is 274 g/mol. The first-order valence-corrected chi connectivity index (χ1v) is 5.65. The molecular formula is C13H9N5NaO. The van der Waals surface area contributed by atoms with Gasteiger partial charge in [-0.1, -0.05) is 18.2 Å². The van der Waals surface area contributed by atoms with Crippen LogP contribution in [0.1, 0.15) is 0 Å². The second kappa shape index (κ2) is 6.51. The van der Waals surface area contributed by atoms with Crippen LogP contribution >= 0.6 is 0 Å². The Hall–Kier alpha value is -1.89. The average molecular weight is 274 g/mol. The minimum Gasteiger partial charge on any atom is -0.253 e. The number of para-hydroxylation sites is 1. The summed E-state index contributed by atoms with van der Waals surface area (Å²) >= 11 is 0. The van der Waals surface area contributed by atoms with Crippen molar-refractivity contribution in [1.29, 1.82) is 0 Å². The Morgan fingerprint density at radius 1 is 1.00 bits per heavy atom. The molecule has 0 spiro atoms. The Morgan fingerprint density at radius 2 is 1.80 bits per heavy atom. The summed E-state index contributed by atoms with van der Waals surface area (Å²) in [5.41, 5.74) is 3.72. The predicted molar refractivity (Wildman–Crippen MR) is 77.9 cm³/mol. The molecule has 0 aliphatic heterocycles. The van der Waals surface area contributed by atoms with Crippen molar-refractivity contribution in [3.8, 4) is 11.5 Å². The fourth-order valence-corrected chi connectivity index (χ4v) is 1.81. The molecule has 0 unspecified atom stereocenters. The number of rotatable bonds is 3. The molecule has 2 aromatic heterocycles. The zero-order valence-electron chi connectivity index (χ0n) is 10.8. The molecule has 0 bridgehead atoms. The van der Waals surface area contributed by atoms with Crippen LogP contribution in [0.25, 0.3) is 22.4 Å². The van der Waals surface area contributed by atoms with Crippen LogP contribution in [-0.2, 0) is 0 Å². The number of hydrogen-bond acceptors (Lipinski definition) is 5. The van der Waals surface area contributed by atoms with Gasteiger partial charge in [0, 0.05) is 41.1 Å². The van der Waals surface area contributed by atoms with E-state index in [9.17, 15) is 4.91 Å². The summed E-state index contributed by atoms with van der Waals surface area (Å²) in [6.07, 6.45) is 1.67. The molecule has 0 atom stereocenters. The van der Waals surface area contributed by atoms with Gasteiger partial charge in [-0.25, -0.2) is 15.4 Å². The Kier molecular flexibility index (Phi) is 4.73. The molecule has 20 heavy (non-hydrogen) atoms. The third-order valence-corrected chi connectivity index (χ3v) is 2.65. The second-order valence-electron chi connectivity index (χ2n) is 3.83. The van der Waals surface area contributed by atoms with Gasteiger partial charge >= 0.3 is 0 Å². The molecule has 2 heterocycles. The Bertz CT molecular complexity index is 735. The maximum Gasteiger partial charge on any atom is 0.180 e. The van der Waals surface area contributed by atoms with Crippen LogP contribution in [-0.4, -0.2) is 44.5 Å². The van der Waals surface area contributed by atoms with Gasteiger partial charge in [-0.15, -0.1) is 4.91 Å². The predicted octanol–water partition coefficient (Wildman–Crippen LogP) is 2.40. The van der Waals surface area contributed by atoms with Gasteiger partial charge in [0.1, 0.15) is 5.69 Å². The van der Waals surface area contributed by atoms with Gasteiger partial charge in [0.25, 0.3) is 0 Å². The molecule has 6 nitrogen and oxygen atoms in total. The molecule has 0 amide bonds. The minimum absolute atomic E-state index is 0. The molecule has 0 saturated heterocycles. The average Bonchev–Trinajstić information content (AvgIpc) is 2.48. The molecular weight excluding hydrogens is 265 g/mol. The molecule has 93 valence electrons. The Morgan fingerprint density at radius 3 is 2.55 bits per heavy atom. The first-order valence-electron chi connectivity index (χ1n) is 5.65. The SMILES string of the molecule is O=NNc1nc(-c2ccccn2)nc2ccccc12.[Na]. The van der Waals surface area contributed by atoms with Gasteiger partial charge in [-0.2, -0.15) is 0 Å². The molecule has 0 fully saturated rings. The molecule has 1 aromatic carbocycles. The smallest absolute Gasteiger partial charge is 0.180 e. The van der Waals surface area contributed by atoms with E-state index in [-0.39, 0.29) is 29.6 Å². The van der Waals surface area contributed by atoms with Gasteiger partial charge in [0.15, 0.2) is 11.6 Å². The van der Waals surface area contributed by atoms with Crippen LogP contribution in [0.3, 0.4) is 0 Å². The van der Waals surface area contributed by atoms with E-state index < -0.39 is 0 Å². The van der Waals surface area contributed by atoms with Crippen LogP contribution in [0.2, 0.25) is 0 Å². The Balaban J connectivity index is 0.00000147. The van der Waals surface area contributed by atoms with Crippen molar-refractivity contribution in [3.63, 3.8) is 0 Å². The number of benzene rings is 1. The summed E-state index contributed by atoms with van der Waals surface area (Å²) in [4.78, 5) is 23.3. The van der Waals surface area contributed by atoms with Crippen LogP contribution < -0.4 is 5.43 Å². The van der Waals surface area contributed by atoms with E-state index in [4.69, 9.17) is 0 Å². The third-order valence-electron chi connectivity index (χ3n) is 2.65. The molecule has 0 aliphatic rings. The zero-order chi connectivity index (χ0) is 13.1. The molecule has 7 heteroatoms. The fraction of sp³-hybridized carbons (Fsp3) is 0. The van der Waals surface area contributed by atoms with E-state index in [1.807, 2.05) is 42.5 Å².